The summed E-state index contributed by atoms with van der Waals surface area (Å²) in [4.78, 5) is 23.7. The summed E-state index contributed by atoms with van der Waals surface area (Å²) < 4.78 is 2.17. The van der Waals surface area contributed by atoms with E-state index in [1.807, 2.05) is 18.2 Å². The van der Waals surface area contributed by atoms with Crippen LogP contribution < -0.4 is 10.9 Å². The van der Waals surface area contributed by atoms with Crippen LogP contribution in [0.2, 0.25) is 0 Å². The summed E-state index contributed by atoms with van der Waals surface area (Å²) in [7, 11) is 0. The number of nitrogens with zero attached hydrogens (tertiary/aromatic N) is 1. The van der Waals surface area contributed by atoms with Gasteiger partial charge in [0.2, 0.25) is 5.91 Å². The average molecular weight is 363 g/mol. The maximum absolute atomic E-state index is 12.0. The molecule has 1 N–H and O–H groups in total. The van der Waals surface area contributed by atoms with Gasteiger partial charge in [0.05, 0.1) is 0 Å². The lowest BCUT2D eigenvalue weighted by Crippen LogP contribution is -2.34. The van der Waals surface area contributed by atoms with Crippen LogP contribution >= 0.6 is 15.9 Å². The molecule has 1 unspecified atom stereocenters. The summed E-state index contributed by atoms with van der Waals surface area (Å²) in [5, 5.41) is 2.91. The molecule has 0 saturated carbocycles. The molecule has 1 aromatic heterocycles. The van der Waals surface area contributed by atoms with Gasteiger partial charge in [-0.05, 0) is 34.0 Å². The van der Waals surface area contributed by atoms with E-state index in [-0.39, 0.29) is 23.9 Å². The molecule has 22 heavy (non-hydrogen) atoms. The average Bonchev–Trinajstić information content (AvgIpc) is 2.52. The van der Waals surface area contributed by atoms with Gasteiger partial charge in [-0.3, -0.25) is 9.59 Å². The molecule has 0 radical (unpaired) electrons. The number of carbonyl (C=O) groups excluding carboxylic acids is 1. The van der Waals surface area contributed by atoms with Crippen molar-refractivity contribution in [3.63, 3.8) is 0 Å². The van der Waals surface area contributed by atoms with Gasteiger partial charge in [-0.1, -0.05) is 37.3 Å². The van der Waals surface area contributed by atoms with Gasteiger partial charge in [-0.2, -0.15) is 0 Å². The largest absolute Gasteiger partial charge is 0.354 e. The second-order valence-electron chi connectivity index (χ2n) is 5.13. The number of halogens is 1. The van der Waals surface area contributed by atoms with Crippen LogP contribution in [-0.4, -0.2) is 17.0 Å². The van der Waals surface area contributed by atoms with E-state index in [2.05, 4.69) is 40.3 Å². The minimum absolute atomic E-state index is 0.0312. The normalized spacial score (nSPS) is 11.9. The van der Waals surface area contributed by atoms with E-state index in [4.69, 9.17) is 0 Å². The quantitative estimate of drug-likeness (QED) is 0.858. The van der Waals surface area contributed by atoms with Crippen LogP contribution in [0.25, 0.3) is 0 Å². The topological polar surface area (TPSA) is 51.1 Å². The lowest BCUT2D eigenvalue weighted by atomic mass is 9.96. The van der Waals surface area contributed by atoms with E-state index < -0.39 is 0 Å². The molecule has 116 valence electrons. The Bertz CT molecular complexity index is 683. The zero-order chi connectivity index (χ0) is 15.9. The third-order valence-electron chi connectivity index (χ3n) is 3.57. The molecule has 1 atom stereocenters. The number of nitrogens with one attached hydrogen (secondary N) is 1. The lowest BCUT2D eigenvalue weighted by Gasteiger charge is -2.16. The van der Waals surface area contributed by atoms with Crippen molar-refractivity contribution in [1.29, 1.82) is 0 Å². The molecule has 2 rings (SSSR count). The highest BCUT2D eigenvalue weighted by Crippen LogP contribution is 2.17. The Kier molecular flexibility index (Phi) is 5.95. The minimum atomic E-state index is -0.187. The predicted molar refractivity (Wildman–Crippen MR) is 90.9 cm³/mol. The number of hydrogen-bond donors (Lipinski definition) is 1. The standard InChI is InChI=1S/C17H19BrN2O2/c1-2-13(14-6-4-3-5-7-14)10-19-16(21)12-20-11-15(18)8-9-17(20)22/h3-9,11,13H,2,10,12H2,1H3,(H,19,21). The van der Waals surface area contributed by atoms with Gasteiger partial charge < -0.3 is 9.88 Å². The summed E-state index contributed by atoms with van der Waals surface area (Å²) in [6.07, 6.45) is 2.57. The van der Waals surface area contributed by atoms with Crippen molar-refractivity contribution in [2.45, 2.75) is 25.8 Å². The fourth-order valence-electron chi connectivity index (χ4n) is 2.30. The van der Waals surface area contributed by atoms with Crippen molar-refractivity contribution in [1.82, 2.24) is 9.88 Å². The Labute approximate surface area is 138 Å². The van der Waals surface area contributed by atoms with Crippen molar-refractivity contribution in [3.05, 3.63) is 69.1 Å². The summed E-state index contributed by atoms with van der Waals surface area (Å²) in [5.41, 5.74) is 1.03. The molecule has 0 aliphatic rings. The van der Waals surface area contributed by atoms with Gasteiger partial charge in [-0.25, -0.2) is 0 Å². The Morgan fingerprint density at radius 2 is 1.95 bits per heavy atom. The van der Waals surface area contributed by atoms with Crippen LogP contribution in [0.1, 0.15) is 24.8 Å². The molecule has 1 heterocycles. The summed E-state index contributed by atoms with van der Waals surface area (Å²) in [6.45, 7) is 2.70. The highest BCUT2D eigenvalue weighted by atomic mass is 79.9. The van der Waals surface area contributed by atoms with Gasteiger partial charge in [0.1, 0.15) is 6.54 Å². The molecule has 1 amide bonds. The van der Waals surface area contributed by atoms with Crippen molar-refractivity contribution < 1.29 is 4.79 Å². The Balaban J connectivity index is 1.94. The van der Waals surface area contributed by atoms with Crippen LogP contribution in [0.5, 0.6) is 0 Å². The predicted octanol–water partition coefficient (Wildman–Crippen LogP) is 2.92. The van der Waals surface area contributed by atoms with Gasteiger partial charge in [0.25, 0.3) is 5.56 Å². The highest BCUT2D eigenvalue weighted by molar-refractivity contribution is 9.10. The molecule has 4 nitrogen and oxygen atoms in total. The van der Waals surface area contributed by atoms with Gasteiger partial charge in [0.15, 0.2) is 0 Å². The van der Waals surface area contributed by atoms with Crippen molar-refractivity contribution in [2.24, 2.45) is 0 Å². The summed E-state index contributed by atoms with van der Waals surface area (Å²) in [6, 6.07) is 13.2. The first kappa shape index (κ1) is 16.5. The summed E-state index contributed by atoms with van der Waals surface area (Å²) >= 11 is 3.30. The van der Waals surface area contributed by atoms with E-state index in [1.165, 1.54) is 16.2 Å². The maximum atomic E-state index is 12.0. The molecular weight excluding hydrogens is 344 g/mol. The number of amides is 1. The number of rotatable bonds is 6. The number of pyridine rings is 1. The number of carbonyl (C=O) groups is 1. The van der Waals surface area contributed by atoms with Crippen molar-refractivity contribution in [3.8, 4) is 0 Å². The van der Waals surface area contributed by atoms with Gasteiger partial charge in [0, 0.05) is 29.2 Å². The molecule has 0 fully saturated rings. The zero-order valence-corrected chi connectivity index (χ0v) is 14.0. The third-order valence-corrected chi connectivity index (χ3v) is 4.04. The molecule has 0 aliphatic carbocycles. The van der Waals surface area contributed by atoms with E-state index in [1.54, 1.807) is 12.3 Å². The van der Waals surface area contributed by atoms with Crippen LogP contribution in [0.4, 0.5) is 0 Å². The molecule has 0 aliphatic heterocycles. The summed E-state index contributed by atoms with van der Waals surface area (Å²) in [5.74, 6) is 0.124. The third kappa shape index (κ3) is 4.56. The first-order chi connectivity index (χ1) is 10.6. The van der Waals surface area contributed by atoms with E-state index >= 15 is 0 Å². The number of aromatic nitrogens is 1. The zero-order valence-electron chi connectivity index (χ0n) is 12.5. The minimum Gasteiger partial charge on any atom is -0.354 e. The fourth-order valence-corrected chi connectivity index (χ4v) is 2.68. The monoisotopic (exact) mass is 362 g/mol. The molecule has 1 aromatic carbocycles. The SMILES string of the molecule is CCC(CNC(=O)Cn1cc(Br)ccc1=O)c1ccccc1. The first-order valence-corrected chi connectivity index (χ1v) is 8.07. The Morgan fingerprint density at radius 3 is 2.64 bits per heavy atom. The molecule has 0 bridgehead atoms. The molecule has 5 heteroatoms. The van der Waals surface area contributed by atoms with E-state index in [0.29, 0.717) is 6.54 Å². The number of hydrogen-bond acceptors (Lipinski definition) is 2. The van der Waals surface area contributed by atoms with E-state index in [0.717, 1.165) is 10.9 Å². The number of benzene rings is 1. The van der Waals surface area contributed by atoms with Gasteiger partial charge >= 0.3 is 0 Å². The van der Waals surface area contributed by atoms with E-state index in [9.17, 15) is 9.59 Å². The van der Waals surface area contributed by atoms with Gasteiger partial charge in [-0.15, -0.1) is 0 Å². The van der Waals surface area contributed by atoms with Crippen LogP contribution in [-0.2, 0) is 11.3 Å². The smallest absolute Gasteiger partial charge is 0.251 e. The fraction of sp³-hybridized carbons (Fsp3) is 0.294. The Hall–Kier alpha value is -1.88. The highest BCUT2D eigenvalue weighted by Gasteiger charge is 2.11. The van der Waals surface area contributed by atoms with Crippen LogP contribution in [0, 0.1) is 0 Å². The van der Waals surface area contributed by atoms with Crippen molar-refractivity contribution in [2.75, 3.05) is 6.54 Å². The van der Waals surface area contributed by atoms with Crippen LogP contribution in [0.3, 0.4) is 0 Å². The molecular formula is C17H19BrN2O2. The molecule has 0 spiro atoms. The lowest BCUT2D eigenvalue weighted by molar-refractivity contribution is -0.121. The maximum Gasteiger partial charge on any atom is 0.251 e. The van der Waals surface area contributed by atoms with Crippen molar-refractivity contribution >= 4 is 21.8 Å². The molecule has 2 aromatic rings. The van der Waals surface area contributed by atoms with Crippen LogP contribution in [0.15, 0.2) is 57.9 Å². The Morgan fingerprint density at radius 1 is 1.23 bits per heavy atom. The second kappa shape index (κ2) is 7.94. The first-order valence-electron chi connectivity index (χ1n) is 7.27. The second-order valence-corrected chi connectivity index (χ2v) is 6.05. The molecule has 0 saturated heterocycles.